The minimum atomic E-state index is -0.281. The third-order valence-corrected chi connectivity index (χ3v) is 4.93. The largest absolute Gasteiger partial charge is 0.398 e. The van der Waals surface area contributed by atoms with E-state index in [2.05, 4.69) is 18.3 Å². The second kappa shape index (κ2) is 8.11. The lowest BCUT2D eigenvalue weighted by Gasteiger charge is -2.31. The van der Waals surface area contributed by atoms with Crippen molar-refractivity contribution in [1.82, 2.24) is 10.2 Å². The average molecular weight is 362 g/mol. The number of hydrogen-bond acceptors (Lipinski definition) is 2. The minimum absolute atomic E-state index is 0.00611. The summed E-state index contributed by atoms with van der Waals surface area (Å²) in [7, 11) is 0. The number of nitrogens with two attached hydrogens (primary N) is 1. The van der Waals surface area contributed by atoms with E-state index in [4.69, 9.17) is 5.73 Å². The van der Waals surface area contributed by atoms with Crippen molar-refractivity contribution < 1.29 is 9.18 Å². The Kier molecular flexibility index (Phi) is 6.32. The Morgan fingerprint density at radius 1 is 1.35 bits per heavy atom. The van der Waals surface area contributed by atoms with Gasteiger partial charge in [0.05, 0.1) is 0 Å². The highest BCUT2D eigenvalue weighted by atomic mass is 19.1. The molecule has 1 aliphatic rings. The smallest absolute Gasteiger partial charge is 0.318 e. The van der Waals surface area contributed by atoms with Crippen molar-refractivity contribution >= 4 is 11.7 Å². The van der Waals surface area contributed by atoms with Crippen molar-refractivity contribution in [2.75, 3.05) is 12.3 Å². The number of hydrogen-bond donors (Lipinski definition) is 2. The van der Waals surface area contributed by atoms with Crippen LogP contribution >= 0.6 is 0 Å². The van der Waals surface area contributed by atoms with Crippen LogP contribution in [0.2, 0.25) is 0 Å². The zero-order valence-corrected chi connectivity index (χ0v) is 16.7. The molecule has 3 N–H and O–H groups in total. The van der Waals surface area contributed by atoms with Crippen LogP contribution in [-0.4, -0.2) is 29.1 Å². The van der Waals surface area contributed by atoms with Crippen molar-refractivity contribution in [1.29, 1.82) is 0 Å². The number of nitrogen functional groups attached to an aromatic ring is 1. The molecule has 1 aromatic rings. The molecule has 0 fully saturated rings. The van der Waals surface area contributed by atoms with Gasteiger partial charge < -0.3 is 16.0 Å². The number of carbonyl (C=O) groups excluding carboxylic acids is 1. The number of nitrogens with one attached hydrogen (secondary N) is 1. The summed E-state index contributed by atoms with van der Waals surface area (Å²) in [5, 5.41) is 3.05. The SMILES string of the molecule is Cc1c(N)cc(F)cc1CCC1=CCC(C)N(C(=O)NC(C)(C)C)CC1. The van der Waals surface area contributed by atoms with E-state index >= 15 is 0 Å². The van der Waals surface area contributed by atoms with Crippen LogP contribution in [0, 0.1) is 12.7 Å². The van der Waals surface area contributed by atoms with Crippen LogP contribution in [0.15, 0.2) is 23.8 Å². The highest BCUT2D eigenvalue weighted by Gasteiger charge is 2.25. The first-order chi connectivity index (χ1) is 12.1. The molecule has 0 aromatic heterocycles. The quantitative estimate of drug-likeness (QED) is 0.612. The van der Waals surface area contributed by atoms with Crippen molar-refractivity contribution in [3.05, 3.63) is 40.7 Å². The first-order valence-corrected chi connectivity index (χ1v) is 9.38. The predicted molar refractivity (Wildman–Crippen MR) is 106 cm³/mol. The van der Waals surface area contributed by atoms with E-state index in [9.17, 15) is 9.18 Å². The van der Waals surface area contributed by atoms with Crippen LogP contribution in [-0.2, 0) is 6.42 Å². The number of urea groups is 1. The maximum atomic E-state index is 13.6. The summed E-state index contributed by atoms with van der Waals surface area (Å²) in [5.74, 6) is -0.281. The molecule has 0 saturated heterocycles. The number of anilines is 1. The molecule has 2 amide bonds. The Hall–Kier alpha value is -2.04. The molecule has 2 rings (SSSR count). The van der Waals surface area contributed by atoms with E-state index in [1.54, 1.807) is 6.07 Å². The average Bonchev–Trinajstić information content (AvgIpc) is 2.69. The predicted octanol–water partition coefficient (Wildman–Crippen LogP) is 4.57. The Balaban J connectivity index is 1.98. The third kappa shape index (κ3) is 5.48. The molecule has 1 aromatic carbocycles. The van der Waals surface area contributed by atoms with E-state index in [1.807, 2.05) is 32.6 Å². The molecule has 26 heavy (non-hydrogen) atoms. The minimum Gasteiger partial charge on any atom is -0.398 e. The Bertz CT molecular complexity index is 691. The lowest BCUT2D eigenvalue weighted by atomic mass is 9.97. The molecule has 0 spiro atoms. The summed E-state index contributed by atoms with van der Waals surface area (Å²) >= 11 is 0. The van der Waals surface area contributed by atoms with Crippen LogP contribution < -0.4 is 11.1 Å². The van der Waals surface area contributed by atoms with Gasteiger partial charge in [0.2, 0.25) is 0 Å². The molecule has 1 heterocycles. The molecule has 0 saturated carbocycles. The van der Waals surface area contributed by atoms with E-state index < -0.39 is 0 Å². The number of aryl methyl sites for hydroxylation is 1. The summed E-state index contributed by atoms with van der Waals surface area (Å²) < 4.78 is 13.6. The second-order valence-corrected chi connectivity index (χ2v) is 8.35. The van der Waals surface area contributed by atoms with Gasteiger partial charge in [0, 0.05) is 23.8 Å². The van der Waals surface area contributed by atoms with Crippen LogP contribution in [0.5, 0.6) is 0 Å². The van der Waals surface area contributed by atoms with Crippen molar-refractivity contribution in [2.24, 2.45) is 0 Å². The molecular weight excluding hydrogens is 329 g/mol. The highest BCUT2D eigenvalue weighted by molar-refractivity contribution is 5.75. The lowest BCUT2D eigenvalue weighted by Crippen LogP contribution is -2.51. The van der Waals surface area contributed by atoms with Gasteiger partial charge in [-0.2, -0.15) is 0 Å². The van der Waals surface area contributed by atoms with Gasteiger partial charge in [0.25, 0.3) is 0 Å². The Labute approximate surface area is 156 Å². The van der Waals surface area contributed by atoms with Gasteiger partial charge in [-0.25, -0.2) is 9.18 Å². The summed E-state index contributed by atoms with van der Waals surface area (Å²) in [6, 6.07) is 3.11. The standard InChI is InChI=1S/C21H32FN3O/c1-14-6-7-16(10-11-25(14)20(26)24-21(3,4)5)8-9-17-12-18(22)13-19(23)15(17)2/h7,12-14H,6,8-11,23H2,1-5H3,(H,24,26). The van der Waals surface area contributed by atoms with E-state index in [1.165, 1.54) is 11.6 Å². The van der Waals surface area contributed by atoms with Gasteiger partial charge in [0.1, 0.15) is 5.82 Å². The van der Waals surface area contributed by atoms with Crippen LogP contribution in [0.1, 0.15) is 58.1 Å². The van der Waals surface area contributed by atoms with Gasteiger partial charge in [-0.15, -0.1) is 0 Å². The van der Waals surface area contributed by atoms with Gasteiger partial charge in [0.15, 0.2) is 0 Å². The molecule has 0 aliphatic carbocycles. The molecular formula is C21H32FN3O. The number of halogens is 1. The second-order valence-electron chi connectivity index (χ2n) is 8.35. The van der Waals surface area contributed by atoms with Crippen LogP contribution in [0.25, 0.3) is 0 Å². The monoisotopic (exact) mass is 361 g/mol. The maximum absolute atomic E-state index is 13.6. The van der Waals surface area contributed by atoms with Crippen molar-refractivity contribution in [2.45, 2.75) is 71.9 Å². The maximum Gasteiger partial charge on any atom is 0.318 e. The summed E-state index contributed by atoms with van der Waals surface area (Å²) in [4.78, 5) is 14.4. The fourth-order valence-electron chi connectivity index (χ4n) is 3.29. The van der Waals surface area contributed by atoms with Crippen LogP contribution in [0.3, 0.4) is 0 Å². The fraction of sp³-hybridized carbons (Fsp3) is 0.571. The molecule has 0 radical (unpaired) electrons. The number of benzene rings is 1. The normalized spacial score (nSPS) is 18.3. The van der Waals surface area contributed by atoms with Gasteiger partial charge in [-0.1, -0.05) is 11.6 Å². The molecule has 0 bridgehead atoms. The summed E-state index contributed by atoms with van der Waals surface area (Å²) in [6.07, 6.45) is 5.57. The Morgan fingerprint density at radius 3 is 2.69 bits per heavy atom. The zero-order valence-electron chi connectivity index (χ0n) is 16.7. The van der Waals surface area contributed by atoms with Crippen LogP contribution in [0.4, 0.5) is 14.9 Å². The highest BCUT2D eigenvalue weighted by Crippen LogP contribution is 2.24. The van der Waals surface area contributed by atoms with E-state index in [0.29, 0.717) is 12.2 Å². The number of rotatable bonds is 3. The van der Waals surface area contributed by atoms with Gasteiger partial charge >= 0.3 is 6.03 Å². The van der Waals surface area contributed by atoms with Crippen molar-refractivity contribution in [3.8, 4) is 0 Å². The molecule has 1 atom stereocenters. The lowest BCUT2D eigenvalue weighted by molar-refractivity contribution is 0.173. The fourth-order valence-corrected chi connectivity index (χ4v) is 3.29. The zero-order chi connectivity index (χ0) is 19.5. The summed E-state index contributed by atoms with van der Waals surface area (Å²) in [5.41, 5.74) is 9.38. The molecule has 4 nitrogen and oxygen atoms in total. The topological polar surface area (TPSA) is 58.4 Å². The van der Waals surface area contributed by atoms with E-state index in [0.717, 1.165) is 36.8 Å². The molecule has 1 aliphatic heterocycles. The van der Waals surface area contributed by atoms with Gasteiger partial charge in [-0.3, -0.25) is 0 Å². The molecule has 1 unspecified atom stereocenters. The first-order valence-electron chi connectivity index (χ1n) is 9.38. The summed E-state index contributed by atoms with van der Waals surface area (Å²) in [6.45, 7) is 10.7. The van der Waals surface area contributed by atoms with Crippen molar-refractivity contribution in [3.63, 3.8) is 0 Å². The van der Waals surface area contributed by atoms with E-state index in [-0.39, 0.29) is 23.4 Å². The molecule has 5 heteroatoms. The Morgan fingerprint density at radius 2 is 2.04 bits per heavy atom. The van der Waals surface area contributed by atoms with Gasteiger partial charge in [-0.05, 0) is 83.6 Å². The number of amides is 2. The third-order valence-electron chi connectivity index (χ3n) is 4.93. The number of carbonyl (C=O) groups is 1. The first kappa shape index (κ1) is 20.3. The number of nitrogens with zero attached hydrogens (tertiary/aromatic N) is 1. The molecule has 144 valence electrons.